The minimum Gasteiger partial charge on any atom is -0.375 e. The first kappa shape index (κ1) is 27.9. The summed E-state index contributed by atoms with van der Waals surface area (Å²) in [6.45, 7) is 1.73. The third kappa shape index (κ3) is 7.23. The third-order valence-corrected chi connectivity index (χ3v) is 10.3. The van der Waals surface area contributed by atoms with Gasteiger partial charge in [-0.25, -0.2) is 4.39 Å². The van der Waals surface area contributed by atoms with Crippen LogP contribution >= 0.6 is 0 Å². The predicted octanol–water partition coefficient (Wildman–Crippen LogP) is 6.00. The summed E-state index contributed by atoms with van der Waals surface area (Å²) < 4.78 is 18.8. The topological polar surface area (TPSA) is 49.9 Å². The van der Waals surface area contributed by atoms with Gasteiger partial charge in [0.1, 0.15) is 12.8 Å². The Labute approximate surface area is 218 Å². The molecule has 1 saturated heterocycles. The fourth-order valence-corrected chi connectivity index (χ4v) is 7.98. The van der Waals surface area contributed by atoms with Gasteiger partial charge >= 0.3 is 0 Å². The molecule has 0 N–H and O–H groups in total. The zero-order chi connectivity index (χ0) is 25.5. The van der Waals surface area contributed by atoms with Crippen molar-refractivity contribution in [3.63, 3.8) is 0 Å². The van der Waals surface area contributed by atoms with Gasteiger partial charge in [0, 0.05) is 39.2 Å². The van der Waals surface area contributed by atoms with Crippen molar-refractivity contribution >= 4 is 11.8 Å². The summed E-state index contributed by atoms with van der Waals surface area (Å²) >= 11 is 0. The van der Waals surface area contributed by atoms with E-state index in [1.54, 1.807) is 7.11 Å². The number of rotatable bonds is 8. The van der Waals surface area contributed by atoms with E-state index in [1.165, 1.54) is 44.9 Å². The Kier molecular flexibility index (Phi) is 10.5. The highest BCUT2D eigenvalue weighted by atomic mass is 19.1. The number of carbonyl (C=O) groups is 2. The van der Waals surface area contributed by atoms with Gasteiger partial charge in [0.05, 0.1) is 0 Å². The van der Waals surface area contributed by atoms with Crippen LogP contribution in [0, 0.1) is 29.6 Å². The SMILES string of the molecule is COCC(=O)N(C)C(CC1CCC(F)CC1)C1CCN(C(=O)C2CCC(C3CCCCC3)CC2)CC1. The van der Waals surface area contributed by atoms with Crippen LogP contribution in [0.5, 0.6) is 0 Å². The number of alkyl halides is 1. The average Bonchev–Trinajstić information content (AvgIpc) is 2.93. The number of nitrogens with zero attached hydrogens (tertiary/aromatic N) is 2. The van der Waals surface area contributed by atoms with Gasteiger partial charge in [0.15, 0.2) is 0 Å². The largest absolute Gasteiger partial charge is 0.375 e. The lowest BCUT2D eigenvalue weighted by molar-refractivity contribution is -0.141. The number of hydrogen-bond donors (Lipinski definition) is 0. The monoisotopic (exact) mass is 506 g/mol. The quantitative estimate of drug-likeness (QED) is 0.405. The average molecular weight is 507 g/mol. The first-order chi connectivity index (χ1) is 17.5. The van der Waals surface area contributed by atoms with E-state index in [1.807, 2.05) is 11.9 Å². The Bertz CT molecular complexity index is 688. The Morgan fingerprint density at radius 3 is 2.08 bits per heavy atom. The molecule has 0 aromatic rings. The van der Waals surface area contributed by atoms with Gasteiger partial charge in [-0.2, -0.15) is 0 Å². The molecule has 4 rings (SSSR count). The molecule has 1 aliphatic heterocycles. The van der Waals surface area contributed by atoms with Gasteiger partial charge in [-0.05, 0) is 94.3 Å². The van der Waals surface area contributed by atoms with Gasteiger partial charge in [-0.1, -0.05) is 32.1 Å². The molecule has 0 aromatic carbocycles. The van der Waals surface area contributed by atoms with E-state index in [9.17, 15) is 14.0 Å². The molecule has 1 atom stereocenters. The van der Waals surface area contributed by atoms with E-state index >= 15 is 0 Å². The van der Waals surface area contributed by atoms with E-state index in [2.05, 4.69) is 4.90 Å². The van der Waals surface area contributed by atoms with Crippen molar-refractivity contribution in [2.24, 2.45) is 29.6 Å². The molecule has 3 aliphatic carbocycles. The number of halogens is 1. The molecule has 206 valence electrons. The second kappa shape index (κ2) is 13.6. The second-order valence-corrected chi connectivity index (χ2v) is 12.5. The Morgan fingerprint density at radius 2 is 1.47 bits per heavy atom. The summed E-state index contributed by atoms with van der Waals surface area (Å²) in [5, 5.41) is 0. The van der Waals surface area contributed by atoms with Crippen molar-refractivity contribution in [3.05, 3.63) is 0 Å². The molecule has 0 bridgehead atoms. The first-order valence-electron chi connectivity index (χ1n) is 15.1. The third-order valence-electron chi connectivity index (χ3n) is 10.3. The minimum atomic E-state index is -0.653. The Hall–Kier alpha value is -1.17. The number of ether oxygens (including phenoxy) is 1. The molecule has 6 heteroatoms. The molecular weight excluding hydrogens is 455 g/mol. The molecule has 5 nitrogen and oxygen atoms in total. The molecule has 4 fully saturated rings. The van der Waals surface area contributed by atoms with Crippen LogP contribution in [-0.2, 0) is 14.3 Å². The van der Waals surface area contributed by atoms with Crippen LogP contribution in [0.15, 0.2) is 0 Å². The number of hydrogen-bond acceptors (Lipinski definition) is 3. The van der Waals surface area contributed by atoms with Crippen molar-refractivity contribution in [1.29, 1.82) is 0 Å². The van der Waals surface area contributed by atoms with E-state index in [-0.39, 0.29) is 24.5 Å². The maximum absolute atomic E-state index is 13.7. The zero-order valence-electron chi connectivity index (χ0n) is 23.0. The van der Waals surface area contributed by atoms with Gasteiger partial charge < -0.3 is 14.5 Å². The summed E-state index contributed by atoms with van der Waals surface area (Å²) in [6, 6.07) is 0.150. The minimum absolute atomic E-state index is 0.0231. The molecule has 0 radical (unpaired) electrons. The lowest BCUT2D eigenvalue weighted by Gasteiger charge is -2.43. The van der Waals surface area contributed by atoms with Crippen molar-refractivity contribution < 1.29 is 18.7 Å². The molecule has 3 saturated carbocycles. The number of methoxy groups -OCH3 is 1. The van der Waals surface area contributed by atoms with Crippen LogP contribution in [0.25, 0.3) is 0 Å². The molecule has 2 amide bonds. The Morgan fingerprint density at radius 1 is 0.861 bits per heavy atom. The van der Waals surface area contributed by atoms with Gasteiger partial charge in [-0.15, -0.1) is 0 Å². The molecule has 1 unspecified atom stereocenters. The summed E-state index contributed by atoms with van der Waals surface area (Å²) in [7, 11) is 3.48. The number of carbonyl (C=O) groups excluding carboxylic acids is 2. The summed E-state index contributed by atoms with van der Waals surface area (Å²) in [5.74, 6) is 3.28. The summed E-state index contributed by atoms with van der Waals surface area (Å²) in [6.07, 6.45) is 17.0. The van der Waals surface area contributed by atoms with E-state index in [0.29, 0.717) is 30.6 Å². The molecule has 4 aliphatic rings. The van der Waals surface area contributed by atoms with Gasteiger partial charge in [0.25, 0.3) is 0 Å². The lowest BCUT2D eigenvalue weighted by Crippen LogP contribution is -2.50. The molecule has 36 heavy (non-hydrogen) atoms. The smallest absolute Gasteiger partial charge is 0.248 e. The molecule has 1 heterocycles. The highest BCUT2D eigenvalue weighted by Gasteiger charge is 2.37. The van der Waals surface area contributed by atoms with Crippen molar-refractivity contribution in [1.82, 2.24) is 9.80 Å². The standard InChI is InChI=1S/C30H51FN2O3/c1-32(29(34)21-36-2)28(20-22-8-14-27(31)15-9-22)25-16-18-33(19-17-25)30(35)26-12-10-24(11-13-26)23-6-4-3-5-7-23/h22-28H,3-21H2,1-2H3. The lowest BCUT2D eigenvalue weighted by atomic mass is 9.70. The Balaban J connectivity index is 1.28. The van der Waals surface area contributed by atoms with Gasteiger partial charge in [0.2, 0.25) is 11.8 Å². The van der Waals surface area contributed by atoms with Crippen molar-refractivity contribution in [2.75, 3.05) is 33.9 Å². The van der Waals surface area contributed by atoms with Crippen LogP contribution in [0.4, 0.5) is 4.39 Å². The molecule has 0 spiro atoms. The molecule has 0 aromatic heterocycles. The van der Waals surface area contributed by atoms with Crippen LogP contribution < -0.4 is 0 Å². The zero-order valence-corrected chi connectivity index (χ0v) is 23.0. The fourth-order valence-electron chi connectivity index (χ4n) is 7.98. The van der Waals surface area contributed by atoms with Crippen LogP contribution in [0.2, 0.25) is 0 Å². The van der Waals surface area contributed by atoms with E-state index < -0.39 is 6.17 Å². The van der Waals surface area contributed by atoms with Crippen LogP contribution in [0.3, 0.4) is 0 Å². The van der Waals surface area contributed by atoms with E-state index in [4.69, 9.17) is 4.74 Å². The maximum Gasteiger partial charge on any atom is 0.248 e. The first-order valence-corrected chi connectivity index (χ1v) is 15.1. The van der Waals surface area contributed by atoms with E-state index in [0.717, 1.165) is 69.9 Å². The van der Waals surface area contributed by atoms with Crippen LogP contribution in [-0.4, -0.2) is 67.7 Å². The van der Waals surface area contributed by atoms with Crippen LogP contribution in [0.1, 0.15) is 103 Å². The predicted molar refractivity (Wildman–Crippen MR) is 141 cm³/mol. The highest BCUT2D eigenvalue weighted by molar-refractivity contribution is 5.79. The number of piperidine rings is 1. The second-order valence-electron chi connectivity index (χ2n) is 12.5. The maximum atomic E-state index is 13.7. The molecular formula is C30H51FN2O3. The highest BCUT2D eigenvalue weighted by Crippen LogP contribution is 2.41. The fraction of sp³-hybridized carbons (Fsp3) is 0.933. The van der Waals surface area contributed by atoms with Crippen molar-refractivity contribution in [2.45, 2.75) is 115 Å². The summed E-state index contributed by atoms with van der Waals surface area (Å²) in [4.78, 5) is 30.1. The number of amides is 2. The van der Waals surface area contributed by atoms with Crippen molar-refractivity contribution in [3.8, 4) is 0 Å². The summed E-state index contributed by atoms with van der Waals surface area (Å²) in [5.41, 5.74) is 0. The number of likely N-dealkylation sites (N-methyl/N-ethyl adjacent to an activating group) is 1. The van der Waals surface area contributed by atoms with Gasteiger partial charge in [-0.3, -0.25) is 9.59 Å². The number of likely N-dealkylation sites (tertiary alicyclic amines) is 1. The normalized spacial score (nSPS) is 31.7.